The number of hydrogen-bond donors (Lipinski definition) is 0. The molecule has 0 aliphatic rings. The minimum atomic E-state index is 0.635. The number of para-hydroxylation sites is 2. The van der Waals surface area contributed by atoms with Gasteiger partial charge in [0.2, 0.25) is 5.95 Å². The quantitative estimate of drug-likeness (QED) is 0.203. The number of fused-ring (bicyclic) bond motifs is 12. The topological polar surface area (TPSA) is 48.0 Å². The second-order valence-electron chi connectivity index (χ2n) is 12.1. The summed E-state index contributed by atoms with van der Waals surface area (Å²) in [6, 6.07) is 47.4. The molecular formula is C41H23N5. The summed E-state index contributed by atoms with van der Waals surface area (Å²) in [4.78, 5) is 15.3. The van der Waals surface area contributed by atoms with Crippen LogP contribution in [0.4, 0.5) is 0 Å². The first-order valence-electron chi connectivity index (χ1n) is 15.5. The molecule has 5 nitrogen and oxygen atoms in total. The van der Waals surface area contributed by atoms with Crippen LogP contribution in [0, 0.1) is 0 Å². The summed E-state index contributed by atoms with van der Waals surface area (Å²) < 4.78 is 4.73. The third kappa shape index (κ3) is 3.01. The Hall–Kier alpha value is -6.33. The molecule has 212 valence electrons. The van der Waals surface area contributed by atoms with Crippen molar-refractivity contribution in [3.05, 3.63) is 140 Å². The Labute approximate surface area is 261 Å². The van der Waals surface area contributed by atoms with Gasteiger partial charge in [-0.15, -0.1) is 0 Å². The van der Waals surface area contributed by atoms with Gasteiger partial charge in [-0.2, -0.15) is 0 Å². The molecule has 0 saturated carbocycles. The molecule has 11 rings (SSSR count). The summed E-state index contributed by atoms with van der Waals surface area (Å²) in [5.41, 5.74) is 9.32. The largest absolute Gasteiger partial charge is 0.308 e. The van der Waals surface area contributed by atoms with E-state index in [1.54, 1.807) is 0 Å². The standard InChI is InChI=1S/C41H23N5/c1-2-11-24(12-3-1)38-39-31(17-10-20-42-39)43-41(44-38)46-34-22-26-14-5-4-13-25(26)21-30(34)36-35(46)23-29-27-15-6-8-18-32(27)45-33-19-9-7-16-28(33)37(36)40(29)45/h1-23H. The maximum absolute atomic E-state index is 5.32. The van der Waals surface area contributed by atoms with Crippen LogP contribution in [0.3, 0.4) is 0 Å². The zero-order valence-electron chi connectivity index (χ0n) is 24.5. The van der Waals surface area contributed by atoms with E-state index in [2.05, 4.69) is 112 Å². The van der Waals surface area contributed by atoms with Crippen molar-refractivity contribution in [1.29, 1.82) is 0 Å². The Morgan fingerprint density at radius 3 is 2.04 bits per heavy atom. The molecule has 5 heteroatoms. The first-order valence-corrected chi connectivity index (χ1v) is 15.5. The third-order valence-corrected chi connectivity index (χ3v) is 9.66. The molecule has 0 amide bonds. The van der Waals surface area contributed by atoms with Gasteiger partial charge in [-0.1, -0.05) is 91.0 Å². The average Bonchev–Trinajstić information content (AvgIpc) is 3.74. The van der Waals surface area contributed by atoms with Gasteiger partial charge in [0.25, 0.3) is 0 Å². The van der Waals surface area contributed by atoms with Gasteiger partial charge in [0.1, 0.15) is 11.2 Å². The molecule has 0 N–H and O–H groups in total. The van der Waals surface area contributed by atoms with Gasteiger partial charge >= 0.3 is 0 Å². The van der Waals surface area contributed by atoms with Crippen molar-refractivity contribution in [1.82, 2.24) is 23.9 Å². The summed E-state index contributed by atoms with van der Waals surface area (Å²) in [7, 11) is 0. The Bertz CT molecular complexity index is 3020. The lowest BCUT2D eigenvalue weighted by Gasteiger charge is -2.11. The molecule has 0 bridgehead atoms. The Morgan fingerprint density at radius 1 is 0.478 bits per heavy atom. The van der Waals surface area contributed by atoms with Crippen LogP contribution >= 0.6 is 0 Å². The van der Waals surface area contributed by atoms with Crippen LogP contribution in [0.2, 0.25) is 0 Å². The molecule has 46 heavy (non-hydrogen) atoms. The number of benzene rings is 6. The van der Waals surface area contributed by atoms with Crippen LogP contribution in [0.25, 0.3) is 98.9 Å². The zero-order valence-corrected chi connectivity index (χ0v) is 24.5. The first kappa shape index (κ1) is 24.0. The number of aromatic nitrogens is 5. The number of nitrogens with zero attached hydrogens (tertiary/aromatic N) is 5. The highest BCUT2D eigenvalue weighted by atomic mass is 15.2. The molecule has 0 aliphatic carbocycles. The van der Waals surface area contributed by atoms with Gasteiger partial charge in [-0.3, -0.25) is 9.55 Å². The van der Waals surface area contributed by atoms with Crippen molar-refractivity contribution in [3.63, 3.8) is 0 Å². The Balaban J connectivity index is 1.41. The van der Waals surface area contributed by atoms with Gasteiger partial charge in [0, 0.05) is 44.1 Å². The molecule has 0 radical (unpaired) electrons. The molecular weight excluding hydrogens is 562 g/mol. The Kier molecular flexibility index (Phi) is 4.52. The van der Waals surface area contributed by atoms with Gasteiger partial charge < -0.3 is 4.40 Å². The highest BCUT2D eigenvalue weighted by Gasteiger charge is 2.25. The summed E-state index contributed by atoms with van der Waals surface area (Å²) >= 11 is 0. The third-order valence-electron chi connectivity index (χ3n) is 9.66. The van der Waals surface area contributed by atoms with Crippen LogP contribution in [0.5, 0.6) is 0 Å². The van der Waals surface area contributed by atoms with Crippen molar-refractivity contribution in [3.8, 4) is 17.2 Å². The van der Waals surface area contributed by atoms with E-state index in [-0.39, 0.29) is 0 Å². The summed E-state index contributed by atoms with van der Waals surface area (Å²) in [5.74, 6) is 0.635. The SMILES string of the molecule is c1ccc(-c2nc(-n3c4cc5ccccc5cc4c4c5c6ccccc6n6c7ccccc7c(cc43)c56)nc3cccnc23)cc1. The van der Waals surface area contributed by atoms with Crippen molar-refractivity contribution >= 4 is 81.7 Å². The molecule has 11 aromatic rings. The van der Waals surface area contributed by atoms with Gasteiger partial charge in [-0.25, -0.2) is 9.97 Å². The van der Waals surface area contributed by atoms with E-state index in [1.165, 1.54) is 59.6 Å². The van der Waals surface area contributed by atoms with Crippen LogP contribution in [-0.2, 0) is 0 Å². The van der Waals surface area contributed by atoms with Gasteiger partial charge in [-0.05, 0) is 53.2 Å². The lowest BCUT2D eigenvalue weighted by molar-refractivity contribution is 1.01. The molecule has 5 heterocycles. The van der Waals surface area contributed by atoms with Crippen molar-refractivity contribution in [2.45, 2.75) is 0 Å². The fraction of sp³-hybridized carbons (Fsp3) is 0. The van der Waals surface area contributed by atoms with E-state index >= 15 is 0 Å². The second-order valence-corrected chi connectivity index (χ2v) is 12.1. The van der Waals surface area contributed by atoms with Crippen LogP contribution in [-0.4, -0.2) is 23.9 Å². The molecule has 0 saturated heterocycles. The first-order chi connectivity index (χ1) is 22.8. The molecule has 0 spiro atoms. The molecule has 6 aromatic carbocycles. The fourth-order valence-electron chi connectivity index (χ4n) is 7.77. The highest BCUT2D eigenvalue weighted by molar-refractivity contribution is 6.36. The number of rotatable bonds is 2. The smallest absolute Gasteiger partial charge is 0.235 e. The van der Waals surface area contributed by atoms with Crippen molar-refractivity contribution < 1.29 is 0 Å². The molecule has 5 aromatic heterocycles. The monoisotopic (exact) mass is 585 g/mol. The normalized spacial score (nSPS) is 12.3. The van der Waals surface area contributed by atoms with E-state index < -0.39 is 0 Å². The summed E-state index contributed by atoms with van der Waals surface area (Å²) in [6.07, 6.45) is 1.82. The fourth-order valence-corrected chi connectivity index (χ4v) is 7.77. The molecule has 0 unspecified atom stereocenters. The summed E-state index contributed by atoms with van der Waals surface area (Å²) in [5, 5.41) is 9.79. The van der Waals surface area contributed by atoms with Crippen LogP contribution < -0.4 is 0 Å². The highest BCUT2D eigenvalue weighted by Crippen LogP contribution is 2.47. The average molecular weight is 586 g/mol. The lowest BCUT2D eigenvalue weighted by Crippen LogP contribution is -2.04. The minimum absolute atomic E-state index is 0.635. The maximum Gasteiger partial charge on any atom is 0.235 e. The molecule has 0 atom stereocenters. The lowest BCUT2D eigenvalue weighted by atomic mass is 10.0. The number of pyridine rings is 1. The zero-order chi connectivity index (χ0) is 29.9. The van der Waals surface area contributed by atoms with Crippen molar-refractivity contribution in [2.24, 2.45) is 0 Å². The minimum Gasteiger partial charge on any atom is -0.308 e. The van der Waals surface area contributed by atoms with Gasteiger partial charge in [0.15, 0.2) is 0 Å². The van der Waals surface area contributed by atoms with Crippen LogP contribution in [0.15, 0.2) is 140 Å². The Morgan fingerprint density at radius 2 is 1.20 bits per heavy atom. The second kappa shape index (κ2) is 8.65. The van der Waals surface area contributed by atoms with E-state index in [9.17, 15) is 0 Å². The predicted molar refractivity (Wildman–Crippen MR) is 189 cm³/mol. The van der Waals surface area contributed by atoms with Gasteiger partial charge in [0.05, 0.1) is 33.1 Å². The predicted octanol–water partition coefficient (Wildman–Crippen LogP) is 10.1. The molecule has 0 fully saturated rings. The van der Waals surface area contributed by atoms with Crippen LogP contribution in [0.1, 0.15) is 0 Å². The molecule has 0 aliphatic heterocycles. The van der Waals surface area contributed by atoms with E-state index in [1.807, 2.05) is 36.5 Å². The van der Waals surface area contributed by atoms with E-state index in [4.69, 9.17) is 15.0 Å². The number of hydrogen-bond acceptors (Lipinski definition) is 3. The summed E-state index contributed by atoms with van der Waals surface area (Å²) in [6.45, 7) is 0. The maximum atomic E-state index is 5.32. The van der Waals surface area contributed by atoms with Crippen molar-refractivity contribution in [2.75, 3.05) is 0 Å². The van der Waals surface area contributed by atoms with E-state index in [0.29, 0.717) is 5.95 Å². The van der Waals surface area contributed by atoms with E-state index in [0.717, 1.165) is 33.3 Å².